The van der Waals surface area contributed by atoms with Gasteiger partial charge < -0.3 is 26.2 Å². The van der Waals surface area contributed by atoms with E-state index in [0.29, 0.717) is 6.42 Å². The topological polar surface area (TPSA) is 133 Å². The fourth-order valence-electron chi connectivity index (χ4n) is 1.83. The first-order chi connectivity index (χ1) is 8.41. The van der Waals surface area contributed by atoms with Gasteiger partial charge in [-0.25, -0.2) is 9.59 Å². The SMILES string of the molecule is NC(=O)CCCNC(=O)N1C[C@H](O)C[C@H]1C(=O)O. The molecule has 2 atom stereocenters. The highest BCUT2D eigenvalue weighted by atomic mass is 16.4. The summed E-state index contributed by atoms with van der Waals surface area (Å²) >= 11 is 0. The molecule has 1 saturated heterocycles. The molecule has 0 spiro atoms. The molecule has 1 aliphatic rings. The van der Waals surface area contributed by atoms with Crippen molar-refractivity contribution in [2.24, 2.45) is 5.73 Å². The second-order valence-corrected chi connectivity index (χ2v) is 4.20. The van der Waals surface area contributed by atoms with E-state index in [1.807, 2.05) is 0 Å². The summed E-state index contributed by atoms with van der Waals surface area (Å²) < 4.78 is 0. The smallest absolute Gasteiger partial charge is 0.326 e. The van der Waals surface area contributed by atoms with E-state index < -0.39 is 30.1 Å². The van der Waals surface area contributed by atoms with Crippen molar-refractivity contribution in [3.63, 3.8) is 0 Å². The van der Waals surface area contributed by atoms with Crippen molar-refractivity contribution in [1.29, 1.82) is 0 Å². The number of aliphatic hydroxyl groups excluding tert-OH is 1. The Bertz CT molecular complexity index is 346. The summed E-state index contributed by atoms with van der Waals surface area (Å²) in [5.41, 5.74) is 4.94. The van der Waals surface area contributed by atoms with E-state index in [1.165, 1.54) is 0 Å². The molecule has 0 aromatic heterocycles. The minimum absolute atomic E-state index is 0.00137. The molecular formula is C10H17N3O5. The van der Waals surface area contributed by atoms with Gasteiger partial charge in [-0.1, -0.05) is 0 Å². The molecule has 0 saturated carbocycles. The maximum Gasteiger partial charge on any atom is 0.326 e. The molecular weight excluding hydrogens is 242 g/mol. The van der Waals surface area contributed by atoms with Crippen LogP contribution in [0.15, 0.2) is 0 Å². The van der Waals surface area contributed by atoms with Gasteiger partial charge in [0.25, 0.3) is 0 Å². The Morgan fingerprint density at radius 2 is 2.06 bits per heavy atom. The van der Waals surface area contributed by atoms with Crippen LogP contribution in [0.4, 0.5) is 4.79 Å². The summed E-state index contributed by atoms with van der Waals surface area (Å²) in [6.07, 6.45) is -0.229. The van der Waals surface area contributed by atoms with Crippen LogP contribution in [0, 0.1) is 0 Å². The van der Waals surface area contributed by atoms with Gasteiger partial charge in [0.05, 0.1) is 6.10 Å². The lowest BCUT2D eigenvalue weighted by Gasteiger charge is -2.21. The molecule has 0 aromatic rings. The summed E-state index contributed by atoms with van der Waals surface area (Å²) in [5, 5.41) is 20.8. The monoisotopic (exact) mass is 259 g/mol. The second kappa shape index (κ2) is 6.20. The minimum atomic E-state index is -1.14. The number of carbonyl (C=O) groups excluding carboxylic acids is 2. The Kier molecular flexibility index (Phi) is 4.90. The zero-order valence-electron chi connectivity index (χ0n) is 9.83. The van der Waals surface area contributed by atoms with Gasteiger partial charge in [-0.05, 0) is 6.42 Å². The number of hydrogen-bond acceptors (Lipinski definition) is 4. The van der Waals surface area contributed by atoms with E-state index in [1.54, 1.807) is 0 Å². The molecule has 1 heterocycles. The minimum Gasteiger partial charge on any atom is -0.480 e. The lowest BCUT2D eigenvalue weighted by atomic mass is 10.2. The largest absolute Gasteiger partial charge is 0.480 e. The number of urea groups is 1. The van der Waals surface area contributed by atoms with E-state index >= 15 is 0 Å². The summed E-state index contributed by atoms with van der Waals surface area (Å²) in [6, 6.07) is -1.56. The van der Waals surface area contributed by atoms with Gasteiger partial charge in [-0.2, -0.15) is 0 Å². The van der Waals surface area contributed by atoms with E-state index in [4.69, 9.17) is 10.8 Å². The number of primary amides is 1. The molecule has 102 valence electrons. The van der Waals surface area contributed by atoms with Crippen LogP contribution in [0.1, 0.15) is 19.3 Å². The first-order valence-electron chi connectivity index (χ1n) is 5.65. The fraction of sp³-hybridized carbons (Fsp3) is 0.700. The zero-order valence-corrected chi connectivity index (χ0v) is 9.83. The number of carboxylic acids is 1. The van der Waals surface area contributed by atoms with E-state index in [9.17, 15) is 19.5 Å². The highest BCUT2D eigenvalue weighted by molar-refractivity contribution is 5.83. The van der Waals surface area contributed by atoms with Gasteiger partial charge in [0, 0.05) is 25.9 Å². The molecule has 0 aromatic carbocycles. The maximum absolute atomic E-state index is 11.7. The number of aliphatic carboxylic acids is 1. The van der Waals surface area contributed by atoms with Crippen molar-refractivity contribution in [3.05, 3.63) is 0 Å². The lowest BCUT2D eigenvalue weighted by molar-refractivity contribution is -0.141. The van der Waals surface area contributed by atoms with Crippen LogP contribution in [-0.2, 0) is 9.59 Å². The Hall–Kier alpha value is -1.83. The third-order valence-electron chi connectivity index (χ3n) is 2.70. The summed E-state index contributed by atoms with van der Waals surface area (Å²) in [7, 11) is 0. The molecule has 1 rings (SSSR count). The molecule has 3 amide bonds. The number of amides is 3. The number of aliphatic hydroxyl groups is 1. The van der Waals surface area contributed by atoms with Gasteiger partial charge in [-0.3, -0.25) is 4.79 Å². The number of carbonyl (C=O) groups is 3. The summed E-state index contributed by atoms with van der Waals surface area (Å²) in [6.45, 7) is 0.235. The Balaban J connectivity index is 2.40. The van der Waals surface area contributed by atoms with Crippen molar-refractivity contribution >= 4 is 17.9 Å². The van der Waals surface area contributed by atoms with E-state index in [2.05, 4.69) is 5.32 Å². The molecule has 5 N–H and O–H groups in total. The lowest BCUT2D eigenvalue weighted by Crippen LogP contribution is -2.46. The standard InChI is InChI=1S/C10H17N3O5/c11-8(15)2-1-3-12-10(18)13-5-6(14)4-7(13)9(16)17/h6-7,14H,1-5H2,(H2,11,15)(H,12,18)(H,16,17)/t6-,7+/m1/s1. The predicted octanol–water partition coefficient (Wildman–Crippen LogP) is -1.52. The Labute approximate surface area is 104 Å². The van der Waals surface area contributed by atoms with Crippen molar-refractivity contribution in [1.82, 2.24) is 10.2 Å². The molecule has 8 nitrogen and oxygen atoms in total. The van der Waals surface area contributed by atoms with Gasteiger partial charge in [0.2, 0.25) is 5.91 Å². The highest BCUT2D eigenvalue weighted by Gasteiger charge is 2.38. The van der Waals surface area contributed by atoms with Crippen LogP contribution < -0.4 is 11.1 Å². The number of carboxylic acid groups (broad SMARTS) is 1. The van der Waals surface area contributed by atoms with Crippen LogP contribution in [0.5, 0.6) is 0 Å². The molecule has 0 bridgehead atoms. The van der Waals surface area contributed by atoms with Gasteiger partial charge in [0.1, 0.15) is 6.04 Å². The quantitative estimate of drug-likeness (QED) is 0.445. The van der Waals surface area contributed by atoms with Gasteiger partial charge in [0.15, 0.2) is 0 Å². The van der Waals surface area contributed by atoms with E-state index in [-0.39, 0.29) is 25.9 Å². The van der Waals surface area contributed by atoms with Gasteiger partial charge in [-0.15, -0.1) is 0 Å². The Morgan fingerprint density at radius 3 is 2.61 bits per heavy atom. The van der Waals surface area contributed by atoms with Crippen molar-refractivity contribution < 1.29 is 24.6 Å². The van der Waals surface area contributed by atoms with Gasteiger partial charge >= 0.3 is 12.0 Å². The van der Waals surface area contributed by atoms with Crippen LogP contribution >= 0.6 is 0 Å². The zero-order chi connectivity index (χ0) is 13.7. The number of nitrogens with two attached hydrogens (primary N) is 1. The first-order valence-corrected chi connectivity index (χ1v) is 5.65. The third-order valence-corrected chi connectivity index (χ3v) is 2.70. The second-order valence-electron chi connectivity index (χ2n) is 4.20. The molecule has 0 aliphatic carbocycles. The average molecular weight is 259 g/mol. The fourth-order valence-corrected chi connectivity index (χ4v) is 1.83. The molecule has 8 heteroatoms. The van der Waals surface area contributed by atoms with Crippen LogP contribution in [0.2, 0.25) is 0 Å². The number of likely N-dealkylation sites (tertiary alicyclic amines) is 1. The normalized spacial score (nSPS) is 22.8. The van der Waals surface area contributed by atoms with Crippen molar-refractivity contribution in [3.8, 4) is 0 Å². The number of β-amino-alcohol motifs (C(OH)–C–C–N with tert-alkyl or cyclic N) is 1. The molecule has 0 unspecified atom stereocenters. The molecule has 0 radical (unpaired) electrons. The maximum atomic E-state index is 11.7. The van der Waals surface area contributed by atoms with E-state index in [0.717, 1.165) is 4.90 Å². The summed E-state index contributed by atoms with van der Waals surface area (Å²) in [5.74, 6) is -1.59. The number of hydrogen-bond donors (Lipinski definition) is 4. The molecule has 18 heavy (non-hydrogen) atoms. The number of nitrogens with one attached hydrogen (secondary N) is 1. The first kappa shape index (κ1) is 14.2. The third kappa shape index (κ3) is 3.88. The van der Waals surface area contributed by atoms with Crippen LogP contribution in [0.3, 0.4) is 0 Å². The highest BCUT2D eigenvalue weighted by Crippen LogP contribution is 2.17. The van der Waals surface area contributed by atoms with Crippen molar-refractivity contribution in [2.45, 2.75) is 31.4 Å². The van der Waals surface area contributed by atoms with Crippen LogP contribution in [-0.4, -0.2) is 58.3 Å². The Morgan fingerprint density at radius 1 is 1.39 bits per heavy atom. The number of nitrogens with zero attached hydrogens (tertiary/aromatic N) is 1. The van der Waals surface area contributed by atoms with Crippen LogP contribution in [0.25, 0.3) is 0 Å². The molecule has 1 fully saturated rings. The summed E-state index contributed by atoms with van der Waals surface area (Å²) in [4.78, 5) is 34.1. The van der Waals surface area contributed by atoms with Crippen molar-refractivity contribution in [2.75, 3.05) is 13.1 Å². The predicted molar refractivity (Wildman–Crippen MR) is 60.6 cm³/mol. The number of rotatable bonds is 5. The molecule has 1 aliphatic heterocycles. The average Bonchev–Trinajstić information content (AvgIpc) is 2.66.